The number of aromatic amines is 1. The Labute approximate surface area is 197 Å². The van der Waals surface area contributed by atoms with Gasteiger partial charge in [0, 0.05) is 24.0 Å². The van der Waals surface area contributed by atoms with Crippen LogP contribution in [0.1, 0.15) is 40.5 Å². The zero-order valence-corrected chi connectivity index (χ0v) is 18.6. The smallest absolute Gasteiger partial charge is 0.281 e. The van der Waals surface area contributed by atoms with E-state index in [1.807, 2.05) is 12.1 Å². The summed E-state index contributed by atoms with van der Waals surface area (Å²) >= 11 is 6.06. The second-order valence-corrected chi connectivity index (χ2v) is 8.62. The largest absolute Gasteiger partial charge is 0.338 e. The summed E-state index contributed by atoms with van der Waals surface area (Å²) in [5, 5.41) is 8.59. The van der Waals surface area contributed by atoms with Crippen LogP contribution in [0.5, 0.6) is 0 Å². The third-order valence-electron chi connectivity index (χ3n) is 5.89. The highest BCUT2D eigenvalue weighted by molar-refractivity contribution is 6.30. The molecule has 11 heteroatoms. The molecule has 34 heavy (non-hydrogen) atoms. The summed E-state index contributed by atoms with van der Waals surface area (Å²) in [4.78, 5) is 34.3. The molecular weight excluding hydrogens is 466 g/mol. The lowest BCUT2D eigenvalue weighted by molar-refractivity contribution is 0.0694. The van der Waals surface area contributed by atoms with Crippen LogP contribution in [0.3, 0.4) is 0 Å². The highest BCUT2D eigenvalue weighted by atomic mass is 35.5. The number of rotatable bonds is 4. The zero-order valence-electron chi connectivity index (χ0n) is 17.8. The quantitative estimate of drug-likeness (QED) is 0.478. The van der Waals surface area contributed by atoms with Gasteiger partial charge in [-0.25, -0.2) is 18.4 Å². The lowest BCUT2D eigenvalue weighted by Gasteiger charge is -2.32. The number of aromatic nitrogens is 5. The number of likely N-dealkylation sites (tertiary alicyclic amines) is 1. The van der Waals surface area contributed by atoms with Crippen LogP contribution in [0.15, 0.2) is 47.3 Å². The average molecular weight is 485 g/mol. The molecule has 0 bridgehead atoms. The second-order valence-electron chi connectivity index (χ2n) is 8.19. The van der Waals surface area contributed by atoms with E-state index in [4.69, 9.17) is 11.6 Å². The summed E-state index contributed by atoms with van der Waals surface area (Å²) in [5.41, 5.74) is 0.249. The number of nitrogens with zero attached hydrogens (tertiary/aromatic N) is 5. The number of hydrogen-bond donors (Lipinski definition) is 1. The van der Waals surface area contributed by atoms with Crippen LogP contribution >= 0.6 is 11.6 Å². The van der Waals surface area contributed by atoms with Crippen molar-refractivity contribution in [2.24, 2.45) is 0 Å². The Hall–Kier alpha value is -3.66. The molecule has 1 amide bonds. The predicted octanol–water partition coefficient (Wildman–Crippen LogP) is 3.51. The first kappa shape index (κ1) is 22.1. The summed E-state index contributed by atoms with van der Waals surface area (Å²) in [6.45, 7) is 0.829. The molecule has 2 aromatic carbocycles. The number of carbonyl (C=O) groups excluding carboxylic acids is 1. The Kier molecular flexibility index (Phi) is 5.82. The third-order valence-corrected chi connectivity index (χ3v) is 6.12. The standard InChI is InChI=1S/C23H19ClF2N6O2/c24-15-6-1-4-13(10-15)11-32-21-19(29-30-32)22(33)28-20(27-21)14-5-3-9-31(12-14)23(34)18-16(25)7-2-8-17(18)26/h1-2,4,6-8,10,14H,3,5,9,11-12H2,(H,27,28,33). The topological polar surface area (TPSA) is 96.8 Å². The first-order valence-corrected chi connectivity index (χ1v) is 11.1. The van der Waals surface area contributed by atoms with Gasteiger partial charge in [0.25, 0.3) is 11.5 Å². The van der Waals surface area contributed by atoms with E-state index in [0.29, 0.717) is 42.4 Å². The number of nitrogens with one attached hydrogen (secondary N) is 1. The maximum Gasteiger partial charge on any atom is 0.281 e. The van der Waals surface area contributed by atoms with Crippen LogP contribution in [-0.4, -0.2) is 48.9 Å². The SMILES string of the molecule is O=C(c1c(F)cccc1F)N1CCCC(c2nc3c(nnn3Cc3cccc(Cl)c3)c(=O)[nH]2)C1. The third kappa shape index (κ3) is 4.16. The van der Waals surface area contributed by atoms with Gasteiger partial charge in [0.05, 0.1) is 6.54 Å². The lowest BCUT2D eigenvalue weighted by atomic mass is 9.96. The van der Waals surface area contributed by atoms with Gasteiger partial charge in [0.2, 0.25) is 0 Å². The molecule has 1 fully saturated rings. The Bertz CT molecular complexity index is 1430. The molecule has 174 valence electrons. The molecule has 3 heterocycles. The first-order valence-electron chi connectivity index (χ1n) is 10.7. The van der Waals surface area contributed by atoms with Gasteiger partial charge >= 0.3 is 0 Å². The number of piperidine rings is 1. The first-order chi connectivity index (χ1) is 16.4. The fourth-order valence-corrected chi connectivity index (χ4v) is 4.45. The molecule has 0 spiro atoms. The van der Waals surface area contributed by atoms with Gasteiger partial charge in [-0.1, -0.05) is 35.0 Å². The molecule has 0 aliphatic carbocycles. The maximum absolute atomic E-state index is 14.1. The van der Waals surface area contributed by atoms with Gasteiger partial charge in [-0.2, -0.15) is 0 Å². The monoisotopic (exact) mass is 484 g/mol. The van der Waals surface area contributed by atoms with E-state index in [1.54, 1.807) is 12.1 Å². The van der Waals surface area contributed by atoms with E-state index in [0.717, 1.165) is 17.7 Å². The molecule has 1 aliphatic heterocycles. The molecule has 1 saturated heterocycles. The Balaban J connectivity index is 1.44. The van der Waals surface area contributed by atoms with Crippen molar-refractivity contribution in [3.05, 3.63) is 86.4 Å². The van der Waals surface area contributed by atoms with Crippen molar-refractivity contribution in [2.75, 3.05) is 13.1 Å². The molecule has 0 radical (unpaired) electrons. The van der Waals surface area contributed by atoms with Gasteiger partial charge in [-0.3, -0.25) is 9.59 Å². The van der Waals surface area contributed by atoms with E-state index in [2.05, 4.69) is 20.3 Å². The maximum atomic E-state index is 14.1. The fraction of sp³-hybridized carbons (Fsp3) is 0.261. The predicted molar refractivity (Wildman–Crippen MR) is 121 cm³/mol. The van der Waals surface area contributed by atoms with E-state index < -0.39 is 28.7 Å². The molecule has 1 N–H and O–H groups in total. The molecule has 2 aromatic heterocycles. The van der Waals surface area contributed by atoms with Crippen molar-refractivity contribution < 1.29 is 13.6 Å². The number of H-pyrrole nitrogens is 1. The van der Waals surface area contributed by atoms with Gasteiger partial charge in [-0.05, 0) is 42.7 Å². The normalized spacial score (nSPS) is 16.2. The minimum absolute atomic E-state index is 0.1000. The summed E-state index contributed by atoms with van der Waals surface area (Å²) in [7, 11) is 0. The Morgan fingerprint density at radius 3 is 2.71 bits per heavy atom. The van der Waals surface area contributed by atoms with Crippen LogP contribution in [-0.2, 0) is 6.54 Å². The average Bonchev–Trinajstić information content (AvgIpc) is 3.22. The van der Waals surface area contributed by atoms with Crippen molar-refractivity contribution in [1.82, 2.24) is 29.9 Å². The van der Waals surface area contributed by atoms with Crippen molar-refractivity contribution in [3.8, 4) is 0 Å². The van der Waals surface area contributed by atoms with Crippen molar-refractivity contribution in [1.29, 1.82) is 0 Å². The van der Waals surface area contributed by atoms with Crippen LogP contribution in [0.4, 0.5) is 8.78 Å². The second kappa shape index (κ2) is 8.94. The van der Waals surface area contributed by atoms with Crippen LogP contribution in [0, 0.1) is 11.6 Å². The molecule has 1 unspecified atom stereocenters. The number of amides is 1. The summed E-state index contributed by atoms with van der Waals surface area (Å²) < 4.78 is 29.8. The van der Waals surface area contributed by atoms with Gasteiger partial charge in [-0.15, -0.1) is 5.10 Å². The van der Waals surface area contributed by atoms with E-state index in [-0.39, 0.29) is 18.0 Å². The summed E-state index contributed by atoms with van der Waals surface area (Å²) in [5.74, 6) is -2.48. The minimum atomic E-state index is -0.906. The van der Waals surface area contributed by atoms with Crippen LogP contribution in [0.2, 0.25) is 5.02 Å². The zero-order chi connectivity index (χ0) is 23.8. The molecule has 0 saturated carbocycles. The molecule has 5 rings (SSSR count). The number of halogens is 3. The van der Waals surface area contributed by atoms with Crippen molar-refractivity contribution in [2.45, 2.75) is 25.3 Å². The highest BCUT2D eigenvalue weighted by Crippen LogP contribution is 2.27. The van der Waals surface area contributed by atoms with Crippen LogP contribution in [0.25, 0.3) is 11.2 Å². The van der Waals surface area contributed by atoms with Gasteiger partial charge < -0.3 is 9.88 Å². The summed E-state index contributed by atoms with van der Waals surface area (Å²) in [6.07, 6.45) is 1.24. The van der Waals surface area contributed by atoms with E-state index in [9.17, 15) is 18.4 Å². The van der Waals surface area contributed by atoms with E-state index in [1.165, 1.54) is 15.6 Å². The molecule has 1 atom stereocenters. The Morgan fingerprint density at radius 1 is 1.18 bits per heavy atom. The van der Waals surface area contributed by atoms with Crippen molar-refractivity contribution >= 4 is 28.7 Å². The van der Waals surface area contributed by atoms with E-state index >= 15 is 0 Å². The van der Waals surface area contributed by atoms with Crippen molar-refractivity contribution in [3.63, 3.8) is 0 Å². The number of carbonyl (C=O) groups is 1. The number of fused-ring (bicyclic) bond motifs is 1. The lowest BCUT2D eigenvalue weighted by Crippen LogP contribution is -2.40. The molecule has 4 aromatic rings. The van der Waals surface area contributed by atoms with Gasteiger partial charge in [0.1, 0.15) is 23.0 Å². The Morgan fingerprint density at radius 2 is 1.94 bits per heavy atom. The fourth-order valence-electron chi connectivity index (χ4n) is 4.24. The molecule has 1 aliphatic rings. The molecular formula is C23H19ClF2N6O2. The number of benzene rings is 2. The summed E-state index contributed by atoms with van der Waals surface area (Å²) in [6, 6.07) is 10.6. The molecule has 8 nitrogen and oxygen atoms in total. The van der Waals surface area contributed by atoms with Gasteiger partial charge in [0.15, 0.2) is 11.2 Å². The minimum Gasteiger partial charge on any atom is -0.338 e. The highest BCUT2D eigenvalue weighted by Gasteiger charge is 2.30. The number of hydrogen-bond acceptors (Lipinski definition) is 5. The van der Waals surface area contributed by atoms with Crippen LogP contribution < -0.4 is 5.56 Å².